The molecule has 4 nitrogen and oxygen atoms in total. The average Bonchev–Trinajstić information content (AvgIpc) is 2.76. The molecule has 0 radical (unpaired) electrons. The van der Waals surface area contributed by atoms with Crippen molar-refractivity contribution in [2.75, 3.05) is 5.32 Å². The van der Waals surface area contributed by atoms with E-state index in [2.05, 4.69) is 21.2 Å². The van der Waals surface area contributed by atoms with Crippen molar-refractivity contribution < 1.29 is 4.92 Å². The Balaban J connectivity index is 2.04. The van der Waals surface area contributed by atoms with Crippen molar-refractivity contribution in [3.63, 3.8) is 0 Å². The van der Waals surface area contributed by atoms with E-state index in [1.807, 2.05) is 25.1 Å². The fourth-order valence-electron chi connectivity index (χ4n) is 1.57. The van der Waals surface area contributed by atoms with Gasteiger partial charge in [-0.3, -0.25) is 10.1 Å². The van der Waals surface area contributed by atoms with Crippen molar-refractivity contribution in [2.24, 2.45) is 0 Å². The van der Waals surface area contributed by atoms with Gasteiger partial charge in [-0.25, -0.2) is 0 Å². The molecule has 1 N–H and O–H groups in total. The Bertz CT molecular complexity index is 583. The summed E-state index contributed by atoms with van der Waals surface area (Å²) in [6.45, 7) is 2.61. The molecule has 0 aliphatic carbocycles. The van der Waals surface area contributed by atoms with Crippen LogP contribution >= 0.6 is 27.3 Å². The third-order valence-electron chi connectivity index (χ3n) is 2.49. The van der Waals surface area contributed by atoms with Gasteiger partial charge in [-0.2, -0.15) is 0 Å². The lowest BCUT2D eigenvalue weighted by Gasteiger charge is -2.08. The lowest BCUT2D eigenvalue weighted by Crippen LogP contribution is -1.99. The van der Waals surface area contributed by atoms with Crippen LogP contribution in [0.5, 0.6) is 0 Å². The molecule has 0 aliphatic rings. The molecule has 0 spiro atoms. The molecule has 0 saturated carbocycles. The summed E-state index contributed by atoms with van der Waals surface area (Å²) in [5.74, 6) is 0. The van der Waals surface area contributed by atoms with E-state index in [-0.39, 0.29) is 9.92 Å². The Morgan fingerprint density at radius 3 is 2.83 bits per heavy atom. The average molecular weight is 327 g/mol. The number of nitro groups is 1. The van der Waals surface area contributed by atoms with Crippen molar-refractivity contribution in [3.8, 4) is 0 Å². The summed E-state index contributed by atoms with van der Waals surface area (Å²) >= 11 is 4.56. The number of hydrogen-bond acceptors (Lipinski definition) is 4. The third kappa shape index (κ3) is 3.08. The van der Waals surface area contributed by atoms with Crippen LogP contribution in [-0.2, 0) is 6.54 Å². The van der Waals surface area contributed by atoms with Crippen LogP contribution in [0.25, 0.3) is 0 Å². The van der Waals surface area contributed by atoms with E-state index in [4.69, 9.17) is 0 Å². The number of nitrogens with zero attached hydrogens (tertiary/aromatic N) is 1. The molecule has 6 heteroatoms. The predicted octanol–water partition coefficient (Wildman–Crippen LogP) is 4.34. The van der Waals surface area contributed by atoms with Gasteiger partial charge in [0, 0.05) is 28.2 Å². The van der Waals surface area contributed by atoms with Crippen LogP contribution in [0.4, 0.5) is 10.7 Å². The molecule has 0 unspecified atom stereocenters. The molecule has 0 bridgehead atoms. The van der Waals surface area contributed by atoms with Gasteiger partial charge in [-0.05, 0) is 36.2 Å². The molecule has 94 valence electrons. The minimum absolute atomic E-state index is 0.180. The first-order valence-corrected chi connectivity index (χ1v) is 6.95. The summed E-state index contributed by atoms with van der Waals surface area (Å²) < 4.78 is 1.04. The molecule has 1 aromatic carbocycles. The van der Waals surface area contributed by atoms with Gasteiger partial charge in [0.15, 0.2) is 0 Å². The summed E-state index contributed by atoms with van der Waals surface area (Å²) in [4.78, 5) is 10.2. The summed E-state index contributed by atoms with van der Waals surface area (Å²) in [5, 5.41) is 15.8. The number of halogens is 1. The Morgan fingerprint density at radius 1 is 1.44 bits per heavy atom. The van der Waals surface area contributed by atoms with Crippen molar-refractivity contribution in [2.45, 2.75) is 13.5 Å². The molecule has 0 atom stereocenters. The molecule has 0 fully saturated rings. The minimum Gasteiger partial charge on any atom is -0.381 e. The summed E-state index contributed by atoms with van der Waals surface area (Å²) in [6.07, 6.45) is 0. The highest BCUT2D eigenvalue weighted by molar-refractivity contribution is 9.10. The second-order valence-electron chi connectivity index (χ2n) is 3.86. The summed E-state index contributed by atoms with van der Waals surface area (Å²) in [5.41, 5.74) is 3.09. The Kier molecular flexibility index (Phi) is 3.98. The Hall–Kier alpha value is -1.40. The lowest BCUT2D eigenvalue weighted by molar-refractivity contribution is -0.380. The maximum absolute atomic E-state index is 10.6. The van der Waals surface area contributed by atoms with Gasteiger partial charge in [-0.15, -0.1) is 0 Å². The maximum Gasteiger partial charge on any atom is 0.324 e. The number of aryl methyl sites for hydroxylation is 1. The van der Waals surface area contributed by atoms with E-state index in [0.29, 0.717) is 6.54 Å². The normalized spacial score (nSPS) is 10.3. The van der Waals surface area contributed by atoms with Crippen molar-refractivity contribution in [1.82, 2.24) is 0 Å². The van der Waals surface area contributed by atoms with Gasteiger partial charge < -0.3 is 5.32 Å². The van der Waals surface area contributed by atoms with Crippen molar-refractivity contribution in [1.29, 1.82) is 0 Å². The molecule has 1 aromatic heterocycles. The molecule has 2 rings (SSSR count). The van der Waals surface area contributed by atoms with Gasteiger partial charge >= 0.3 is 5.00 Å². The fourth-order valence-corrected chi connectivity index (χ4v) is 2.78. The molecule has 0 saturated heterocycles. The highest BCUT2D eigenvalue weighted by atomic mass is 79.9. The molecular weight excluding hydrogens is 316 g/mol. The van der Waals surface area contributed by atoms with E-state index >= 15 is 0 Å². The highest BCUT2D eigenvalue weighted by Crippen LogP contribution is 2.24. The van der Waals surface area contributed by atoms with Crippen LogP contribution < -0.4 is 5.32 Å². The number of rotatable bonds is 4. The van der Waals surface area contributed by atoms with E-state index in [9.17, 15) is 10.1 Å². The lowest BCUT2D eigenvalue weighted by atomic mass is 10.2. The van der Waals surface area contributed by atoms with E-state index in [0.717, 1.165) is 32.6 Å². The maximum atomic E-state index is 10.6. The standard InChI is InChI=1S/C12H11BrN2O2S/c1-8-4-10(13)2-3-11(8)14-6-9-5-12(15(16)17)18-7-9/h2-5,7,14H,6H2,1H3. The summed E-state index contributed by atoms with van der Waals surface area (Å²) in [7, 11) is 0. The van der Waals surface area contributed by atoms with E-state index in [1.54, 1.807) is 11.4 Å². The zero-order valence-electron chi connectivity index (χ0n) is 9.64. The Labute approximate surface area is 117 Å². The SMILES string of the molecule is Cc1cc(Br)ccc1NCc1csc([N+](=O)[O-])c1. The van der Waals surface area contributed by atoms with Crippen molar-refractivity contribution >= 4 is 38.0 Å². The number of nitrogens with one attached hydrogen (secondary N) is 1. The Morgan fingerprint density at radius 2 is 2.22 bits per heavy atom. The molecule has 1 heterocycles. The van der Waals surface area contributed by atoms with Crippen LogP contribution in [-0.4, -0.2) is 4.92 Å². The zero-order chi connectivity index (χ0) is 13.1. The third-order valence-corrected chi connectivity index (χ3v) is 3.91. The topological polar surface area (TPSA) is 55.2 Å². The van der Waals surface area contributed by atoms with Gasteiger partial charge in [0.2, 0.25) is 0 Å². The predicted molar refractivity (Wildman–Crippen MR) is 77.2 cm³/mol. The second kappa shape index (κ2) is 5.49. The number of benzene rings is 1. The van der Waals surface area contributed by atoms with Crippen LogP contribution in [0.3, 0.4) is 0 Å². The first-order chi connectivity index (χ1) is 8.56. The minimum atomic E-state index is -0.362. The quantitative estimate of drug-likeness (QED) is 0.671. The smallest absolute Gasteiger partial charge is 0.324 e. The monoisotopic (exact) mass is 326 g/mol. The van der Waals surface area contributed by atoms with Gasteiger partial charge in [-0.1, -0.05) is 27.3 Å². The van der Waals surface area contributed by atoms with E-state index < -0.39 is 0 Å². The summed E-state index contributed by atoms with van der Waals surface area (Å²) in [6, 6.07) is 7.58. The van der Waals surface area contributed by atoms with Crippen molar-refractivity contribution in [3.05, 3.63) is 55.4 Å². The fraction of sp³-hybridized carbons (Fsp3) is 0.167. The number of hydrogen-bond donors (Lipinski definition) is 1. The molecule has 0 aliphatic heterocycles. The van der Waals surface area contributed by atoms with Crippen LogP contribution in [0, 0.1) is 17.0 Å². The molecule has 2 aromatic rings. The molecule has 18 heavy (non-hydrogen) atoms. The number of thiophene rings is 1. The zero-order valence-corrected chi connectivity index (χ0v) is 12.0. The van der Waals surface area contributed by atoms with Gasteiger partial charge in [0.05, 0.1) is 4.92 Å². The number of anilines is 1. The molecule has 0 amide bonds. The first-order valence-electron chi connectivity index (χ1n) is 5.28. The van der Waals surface area contributed by atoms with Gasteiger partial charge in [0.1, 0.15) is 0 Å². The largest absolute Gasteiger partial charge is 0.381 e. The highest BCUT2D eigenvalue weighted by Gasteiger charge is 2.09. The van der Waals surface area contributed by atoms with Crippen LogP contribution in [0.15, 0.2) is 34.1 Å². The first kappa shape index (κ1) is 13.0. The van der Waals surface area contributed by atoms with Crippen LogP contribution in [0.1, 0.15) is 11.1 Å². The van der Waals surface area contributed by atoms with Crippen LogP contribution in [0.2, 0.25) is 0 Å². The van der Waals surface area contributed by atoms with Gasteiger partial charge in [0.25, 0.3) is 0 Å². The molecular formula is C12H11BrN2O2S. The second-order valence-corrected chi connectivity index (χ2v) is 5.67. The van der Waals surface area contributed by atoms with E-state index in [1.165, 1.54) is 0 Å².